The van der Waals surface area contributed by atoms with Crippen LogP contribution in [0.1, 0.15) is 30.9 Å². The molecule has 1 aliphatic heterocycles. The van der Waals surface area contributed by atoms with E-state index in [1.54, 1.807) is 7.11 Å². The van der Waals surface area contributed by atoms with Gasteiger partial charge < -0.3 is 19.3 Å². The minimum atomic E-state index is -0.462. The predicted octanol–water partition coefficient (Wildman–Crippen LogP) is 3.69. The molecule has 2 aromatic rings. The van der Waals surface area contributed by atoms with E-state index in [0.717, 1.165) is 43.1 Å². The number of rotatable bonds is 5. The van der Waals surface area contributed by atoms with Gasteiger partial charge in [0.2, 0.25) is 0 Å². The zero-order valence-corrected chi connectivity index (χ0v) is 17.4. The smallest absolute Gasteiger partial charge is 0.263 e. The molecule has 29 heavy (non-hydrogen) atoms. The predicted molar refractivity (Wildman–Crippen MR) is 115 cm³/mol. The first kappa shape index (κ1) is 19.6. The van der Waals surface area contributed by atoms with E-state index in [0.29, 0.717) is 13.1 Å². The third kappa shape index (κ3) is 4.34. The van der Waals surface area contributed by atoms with Crippen molar-refractivity contribution >= 4 is 11.6 Å². The highest BCUT2D eigenvalue weighted by molar-refractivity contribution is 5.81. The normalized spacial score (nSPS) is 17.4. The highest BCUT2D eigenvalue weighted by atomic mass is 16.5. The minimum Gasteiger partial charge on any atom is -0.497 e. The molecule has 1 amide bonds. The molecule has 0 saturated carbocycles. The van der Waals surface area contributed by atoms with Gasteiger partial charge in [-0.3, -0.25) is 4.79 Å². The number of fused-ring (bicyclic) bond motifs is 1. The first-order valence-corrected chi connectivity index (χ1v) is 10.6. The van der Waals surface area contributed by atoms with Gasteiger partial charge in [0.1, 0.15) is 11.5 Å². The maximum Gasteiger partial charge on any atom is 0.263 e. The molecule has 0 bridgehead atoms. The Labute approximate surface area is 173 Å². The zero-order chi connectivity index (χ0) is 20.2. The summed E-state index contributed by atoms with van der Waals surface area (Å²) in [4.78, 5) is 17.2. The Morgan fingerprint density at radius 1 is 0.966 bits per heavy atom. The molecule has 1 aliphatic carbocycles. The average Bonchev–Trinajstić information content (AvgIpc) is 2.79. The van der Waals surface area contributed by atoms with Crippen molar-refractivity contribution in [3.8, 4) is 11.5 Å². The van der Waals surface area contributed by atoms with E-state index < -0.39 is 6.10 Å². The quantitative estimate of drug-likeness (QED) is 0.776. The second-order valence-corrected chi connectivity index (χ2v) is 7.87. The Bertz CT molecular complexity index is 842. The Morgan fingerprint density at radius 3 is 2.41 bits per heavy atom. The molecular formula is C24H30N2O3. The Morgan fingerprint density at radius 2 is 1.69 bits per heavy atom. The lowest BCUT2D eigenvalue weighted by molar-refractivity contribution is -0.138. The number of nitrogens with zero attached hydrogens (tertiary/aromatic N) is 2. The number of carbonyl (C=O) groups is 1. The third-order valence-corrected chi connectivity index (χ3v) is 6.03. The zero-order valence-electron chi connectivity index (χ0n) is 17.4. The van der Waals surface area contributed by atoms with Crippen LogP contribution in [0.15, 0.2) is 42.5 Å². The van der Waals surface area contributed by atoms with Gasteiger partial charge in [-0.1, -0.05) is 12.1 Å². The summed E-state index contributed by atoms with van der Waals surface area (Å²) in [6.45, 7) is 4.95. The van der Waals surface area contributed by atoms with Crippen LogP contribution in [-0.2, 0) is 17.6 Å². The average molecular weight is 395 g/mol. The van der Waals surface area contributed by atoms with Crippen LogP contribution in [-0.4, -0.2) is 50.2 Å². The van der Waals surface area contributed by atoms with Gasteiger partial charge in [0, 0.05) is 31.9 Å². The van der Waals surface area contributed by atoms with Gasteiger partial charge in [-0.2, -0.15) is 0 Å². The topological polar surface area (TPSA) is 42.0 Å². The highest BCUT2D eigenvalue weighted by Crippen LogP contribution is 2.30. The standard InChI is InChI=1S/C24H30N2O3/c1-18(29-23-9-5-7-19-6-3-4-8-22(19)23)24(27)26-16-14-25(15-17-26)20-10-12-21(28-2)13-11-20/h5,7,9-13,18H,3-4,6,8,14-17H2,1-2H3/t18-/m0/s1. The molecule has 2 aromatic carbocycles. The van der Waals surface area contributed by atoms with Gasteiger partial charge in [-0.25, -0.2) is 0 Å². The Balaban J connectivity index is 1.34. The van der Waals surface area contributed by atoms with Crippen LogP contribution in [0.3, 0.4) is 0 Å². The number of methoxy groups -OCH3 is 1. The first-order chi connectivity index (χ1) is 14.2. The van der Waals surface area contributed by atoms with Crippen molar-refractivity contribution < 1.29 is 14.3 Å². The molecule has 0 radical (unpaired) electrons. The number of amides is 1. The van der Waals surface area contributed by atoms with Gasteiger partial charge in [0.15, 0.2) is 6.10 Å². The number of hydrogen-bond donors (Lipinski definition) is 0. The van der Waals surface area contributed by atoms with Gasteiger partial charge >= 0.3 is 0 Å². The van der Waals surface area contributed by atoms with Crippen LogP contribution >= 0.6 is 0 Å². The number of benzene rings is 2. The molecule has 4 rings (SSSR count). The van der Waals surface area contributed by atoms with Gasteiger partial charge in [0.25, 0.3) is 5.91 Å². The maximum atomic E-state index is 13.0. The van der Waals surface area contributed by atoms with Crippen molar-refractivity contribution in [2.24, 2.45) is 0 Å². The monoisotopic (exact) mass is 394 g/mol. The molecule has 1 atom stereocenters. The Hall–Kier alpha value is -2.69. The molecule has 0 spiro atoms. The fourth-order valence-electron chi connectivity index (χ4n) is 4.33. The highest BCUT2D eigenvalue weighted by Gasteiger charge is 2.27. The van der Waals surface area contributed by atoms with Crippen LogP contribution < -0.4 is 14.4 Å². The molecular weight excluding hydrogens is 364 g/mol. The van der Waals surface area contributed by atoms with Crippen molar-refractivity contribution in [3.63, 3.8) is 0 Å². The number of carbonyl (C=O) groups excluding carboxylic acids is 1. The third-order valence-electron chi connectivity index (χ3n) is 6.03. The largest absolute Gasteiger partial charge is 0.497 e. The SMILES string of the molecule is COc1ccc(N2CCN(C(=O)[C@H](C)Oc3cccc4c3CCCC4)CC2)cc1. The number of aryl methyl sites for hydroxylation is 1. The second kappa shape index (κ2) is 8.76. The summed E-state index contributed by atoms with van der Waals surface area (Å²) in [5.74, 6) is 1.82. The lowest BCUT2D eigenvalue weighted by atomic mass is 9.91. The molecule has 0 N–H and O–H groups in total. The molecule has 1 saturated heterocycles. The summed E-state index contributed by atoms with van der Waals surface area (Å²) >= 11 is 0. The van der Waals surface area contributed by atoms with Crippen molar-refractivity contribution in [1.29, 1.82) is 0 Å². The van der Waals surface area contributed by atoms with Crippen LogP contribution in [0.2, 0.25) is 0 Å². The van der Waals surface area contributed by atoms with Gasteiger partial charge in [0.05, 0.1) is 7.11 Å². The molecule has 5 nitrogen and oxygen atoms in total. The van der Waals surface area contributed by atoms with Crippen LogP contribution in [0.5, 0.6) is 11.5 Å². The summed E-state index contributed by atoms with van der Waals surface area (Å²) in [6, 6.07) is 14.3. The Kier molecular flexibility index (Phi) is 5.93. The molecule has 154 valence electrons. The first-order valence-electron chi connectivity index (χ1n) is 10.6. The van der Waals surface area contributed by atoms with Gasteiger partial charge in [-0.05, 0) is 74.1 Å². The molecule has 0 aromatic heterocycles. The van der Waals surface area contributed by atoms with E-state index in [9.17, 15) is 4.79 Å². The summed E-state index contributed by atoms with van der Waals surface area (Å²) in [6.07, 6.45) is 4.14. The summed E-state index contributed by atoms with van der Waals surface area (Å²) < 4.78 is 11.4. The van der Waals surface area contributed by atoms with E-state index in [-0.39, 0.29) is 5.91 Å². The molecule has 2 aliphatic rings. The summed E-state index contributed by atoms with van der Waals surface area (Å²) in [5.41, 5.74) is 3.84. The fourth-order valence-corrected chi connectivity index (χ4v) is 4.33. The van der Waals surface area contributed by atoms with Crippen molar-refractivity contribution in [3.05, 3.63) is 53.6 Å². The van der Waals surface area contributed by atoms with E-state index in [1.165, 1.54) is 24.0 Å². The fraction of sp³-hybridized carbons (Fsp3) is 0.458. The number of hydrogen-bond acceptors (Lipinski definition) is 4. The molecule has 1 fully saturated rings. The van der Waals surface area contributed by atoms with Crippen LogP contribution in [0.25, 0.3) is 0 Å². The lowest BCUT2D eigenvalue weighted by Crippen LogP contribution is -2.52. The summed E-state index contributed by atoms with van der Waals surface area (Å²) in [5, 5.41) is 0. The summed E-state index contributed by atoms with van der Waals surface area (Å²) in [7, 11) is 1.67. The van der Waals surface area contributed by atoms with Crippen LogP contribution in [0, 0.1) is 0 Å². The number of anilines is 1. The minimum absolute atomic E-state index is 0.0767. The molecule has 5 heteroatoms. The number of piperazine rings is 1. The van der Waals surface area contributed by atoms with Crippen LogP contribution in [0.4, 0.5) is 5.69 Å². The van der Waals surface area contributed by atoms with Crippen molar-refractivity contribution in [1.82, 2.24) is 4.90 Å². The van der Waals surface area contributed by atoms with E-state index in [4.69, 9.17) is 9.47 Å². The van der Waals surface area contributed by atoms with Crippen molar-refractivity contribution in [2.45, 2.75) is 38.7 Å². The molecule has 0 unspecified atom stereocenters. The van der Waals surface area contributed by atoms with Crippen molar-refractivity contribution in [2.75, 3.05) is 38.2 Å². The van der Waals surface area contributed by atoms with E-state index in [2.05, 4.69) is 23.1 Å². The number of ether oxygens (including phenoxy) is 2. The van der Waals surface area contributed by atoms with E-state index in [1.807, 2.05) is 36.1 Å². The lowest BCUT2D eigenvalue weighted by Gasteiger charge is -2.37. The van der Waals surface area contributed by atoms with E-state index >= 15 is 0 Å². The van der Waals surface area contributed by atoms with Gasteiger partial charge in [-0.15, -0.1) is 0 Å². The molecule has 1 heterocycles. The maximum absolute atomic E-state index is 13.0. The second-order valence-electron chi connectivity index (χ2n) is 7.87.